The summed E-state index contributed by atoms with van der Waals surface area (Å²) in [6.45, 7) is 2.89. The van der Waals surface area contributed by atoms with E-state index in [1.807, 2.05) is 0 Å². The lowest BCUT2D eigenvalue weighted by atomic mass is 10.3. The first kappa shape index (κ1) is 13.8. The number of rotatable bonds is 4. The number of benzene rings is 1. The molecule has 0 bridgehead atoms. The molecule has 1 aromatic carbocycles. The molecule has 0 saturated heterocycles. The van der Waals surface area contributed by atoms with Crippen LogP contribution in [0.5, 0.6) is 11.5 Å². The van der Waals surface area contributed by atoms with Gasteiger partial charge in [-0.15, -0.1) is 0 Å². The Morgan fingerprint density at radius 2 is 1.65 bits per heavy atom. The van der Waals surface area contributed by atoms with E-state index in [1.165, 1.54) is 46.3 Å². The molecule has 2 N–H and O–H groups in total. The van der Waals surface area contributed by atoms with Crippen LogP contribution in [-0.2, 0) is 9.84 Å². The number of sulfone groups is 1. The molecule has 0 fully saturated rings. The quantitative estimate of drug-likeness (QED) is 0.878. The molecular weight excluding hydrogens is 242 g/mol. The number of ether oxygens (including phenoxy) is 2. The average molecular weight is 259 g/mol. The summed E-state index contributed by atoms with van der Waals surface area (Å²) in [6, 6.07) is 4.39. The molecule has 0 amide bonds. The third kappa shape index (κ3) is 2.53. The van der Waals surface area contributed by atoms with E-state index in [1.54, 1.807) is 0 Å². The van der Waals surface area contributed by atoms with E-state index in [2.05, 4.69) is 0 Å². The fourth-order valence-electron chi connectivity index (χ4n) is 1.29. The summed E-state index contributed by atoms with van der Waals surface area (Å²) in [5, 5.41) is 0. The van der Waals surface area contributed by atoms with Crippen molar-refractivity contribution in [3.63, 3.8) is 0 Å². The van der Waals surface area contributed by atoms with Crippen molar-refractivity contribution in [2.24, 2.45) is 5.73 Å². The van der Waals surface area contributed by atoms with Crippen LogP contribution < -0.4 is 15.2 Å². The van der Waals surface area contributed by atoms with Crippen LogP contribution in [0.3, 0.4) is 0 Å². The maximum atomic E-state index is 12.1. The summed E-state index contributed by atoms with van der Waals surface area (Å²) in [6.07, 6.45) is 0. The SMILES string of the molecule is COc1ccc(S(=O)(=O)C(C)(C)N)cc1OC. The van der Waals surface area contributed by atoms with Gasteiger partial charge in [0.25, 0.3) is 0 Å². The smallest absolute Gasteiger partial charge is 0.196 e. The lowest BCUT2D eigenvalue weighted by Crippen LogP contribution is -2.41. The van der Waals surface area contributed by atoms with Gasteiger partial charge in [-0.2, -0.15) is 0 Å². The van der Waals surface area contributed by atoms with Gasteiger partial charge < -0.3 is 15.2 Å². The number of methoxy groups -OCH3 is 2. The summed E-state index contributed by atoms with van der Waals surface area (Å²) < 4.78 is 34.3. The van der Waals surface area contributed by atoms with Crippen molar-refractivity contribution < 1.29 is 17.9 Å². The molecule has 1 rings (SSSR count). The lowest BCUT2D eigenvalue weighted by molar-refractivity contribution is 0.354. The molecule has 0 heterocycles. The zero-order chi connectivity index (χ0) is 13.3. The second-order valence-electron chi connectivity index (χ2n) is 4.12. The highest BCUT2D eigenvalue weighted by Crippen LogP contribution is 2.31. The second kappa shape index (κ2) is 4.54. The average Bonchev–Trinajstić information content (AvgIpc) is 2.26. The standard InChI is InChI=1S/C11H17NO4S/c1-11(2,12)17(13,14)8-5-6-9(15-3)10(7-8)16-4/h5-7H,12H2,1-4H3. The van der Waals surface area contributed by atoms with Gasteiger partial charge in [0.15, 0.2) is 21.3 Å². The molecule has 0 saturated carbocycles. The van der Waals surface area contributed by atoms with Crippen molar-refractivity contribution in [3.8, 4) is 11.5 Å². The van der Waals surface area contributed by atoms with Gasteiger partial charge in [0, 0.05) is 6.07 Å². The Balaban J connectivity index is 3.36. The maximum absolute atomic E-state index is 12.1. The normalized spacial score (nSPS) is 12.3. The highest BCUT2D eigenvalue weighted by atomic mass is 32.2. The van der Waals surface area contributed by atoms with E-state index in [4.69, 9.17) is 15.2 Å². The Morgan fingerprint density at radius 3 is 2.06 bits per heavy atom. The zero-order valence-electron chi connectivity index (χ0n) is 10.4. The Kier molecular flexibility index (Phi) is 3.68. The van der Waals surface area contributed by atoms with E-state index < -0.39 is 14.7 Å². The summed E-state index contributed by atoms with van der Waals surface area (Å²) >= 11 is 0. The van der Waals surface area contributed by atoms with E-state index in [9.17, 15) is 8.42 Å². The Hall–Kier alpha value is -1.27. The number of hydrogen-bond acceptors (Lipinski definition) is 5. The molecule has 0 unspecified atom stereocenters. The Labute approximate surface area is 101 Å². The van der Waals surface area contributed by atoms with E-state index in [0.717, 1.165) is 0 Å². The molecule has 0 atom stereocenters. The molecular formula is C11H17NO4S. The predicted octanol–water partition coefficient (Wildman–Crippen LogP) is 1.17. The van der Waals surface area contributed by atoms with Gasteiger partial charge in [-0.3, -0.25) is 0 Å². The van der Waals surface area contributed by atoms with Crippen LogP contribution in [0.4, 0.5) is 0 Å². The lowest BCUT2D eigenvalue weighted by Gasteiger charge is -2.20. The molecule has 0 spiro atoms. The zero-order valence-corrected chi connectivity index (χ0v) is 11.2. The van der Waals surface area contributed by atoms with E-state index in [0.29, 0.717) is 11.5 Å². The van der Waals surface area contributed by atoms with Gasteiger partial charge in [0.05, 0.1) is 19.1 Å². The van der Waals surface area contributed by atoms with Crippen LogP contribution in [0.15, 0.2) is 23.1 Å². The van der Waals surface area contributed by atoms with Crippen LogP contribution in [0.2, 0.25) is 0 Å². The highest BCUT2D eigenvalue weighted by molar-refractivity contribution is 7.92. The van der Waals surface area contributed by atoms with Crippen molar-refractivity contribution in [2.75, 3.05) is 14.2 Å². The minimum Gasteiger partial charge on any atom is -0.493 e. The van der Waals surface area contributed by atoms with E-state index in [-0.39, 0.29) is 4.90 Å². The molecule has 17 heavy (non-hydrogen) atoms. The maximum Gasteiger partial charge on any atom is 0.196 e. The Bertz CT molecular complexity index is 503. The largest absolute Gasteiger partial charge is 0.493 e. The molecule has 6 heteroatoms. The third-order valence-corrected chi connectivity index (χ3v) is 4.62. The van der Waals surface area contributed by atoms with Crippen LogP contribution in [-0.4, -0.2) is 27.5 Å². The summed E-state index contributed by atoms with van der Waals surface area (Å²) in [5.74, 6) is 0.833. The minimum absolute atomic E-state index is 0.114. The van der Waals surface area contributed by atoms with E-state index >= 15 is 0 Å². The minimum atomic E-state index is -3.59. The molecule has 0 radical (unpaired) electrons. The van der Waals surface area contributed by atoms with Crippen molar-refractivity contribution in [2.45, 2.75) is 23.6 Å². The van der Waals surface area contributed by atoms with Crippen LogP contribution in [0.1, 0.15) is 13.8 Å². The van der Waals surface area contributed by atoms with Gasteiger partial charge in [-0.1, -0.05) is 0 Å². The monoisotopic (exact) mass is 259 g/mol. The van der Waals surface area contributed by atoms with Gasteiger partial charge in [0.1, 0.15) is 4.87 Å². The molecule has 0 aliphatic rings. The van der Waals surface area contributed by atoms with Crippen molar-refractivity contribution >= 4 is 9.84 Å². The third-order valence-electron chi connectivity index (χ3n) is 2.36. The molecule has 0 aliphatic carbocycles. The van der Waals surface area contributed by atoms with Crippen molar-refractivity contribution in [1.82, 2.24) is 0 Å². The van der Waals surface area contributed by atoms with Crippen LogP contribution in [0, 0.1) is 0 Å². The Morgan fingerprint density at radius 1 is 1.12 bits per heavy atom. The topological polar surface area (TPSA) is 78.6 Å². The first-order valence-electron chi connectivity index (χ1n) is 4.99. The van der Waals surface area contributed by atoms with Crippen molar-refractivity contribution in [3.05, 3.63) is 18.2 Å². The first-order valence-corrected chi connectivity index (χ1v) is 6.48. The fraction of sp³-hybridized carbons (Fsp3) is 0.455. The van der Waals surface area contributed by atoms with Crippen LogP contribution in [0.25, 0.3) is 0 Å². The van der Waals surface area contributed by atoms with Gasteiger partial charge in [-0.05, 0) is 26.0 Å². The number of hydrogen-bond donors (Lipinski definition) is 1. The molecule has 0 aliphatic heterocycles. The van der Waals surface area contributed by atoms with Gasteiger partial charge in [0.2, 0.25) is 0 Å². The summed E-state index contributed by atoms with van der Waals surface area (Å²) in [4.78, 5) is -1.23. The summed E-state index contributed by atoms with van der Waals surface area (Å²) in [5.41, 5.74) is 5.65. The second-order valence-corrected chi connectivity index (χ2v) is 6.65. The predicted molar refractivity (Wildman–Crippen MR) is 65.0 cm³/mol. The highest BCUT2D eigenvalue weighted by Gasteiger charge is 2.32. The first-order chi connectivity index (χ1) is 7.74. The number of nitrogens with two attached hydrogens (primary N) is 1. The van der Waals surface area contributed by atoms with Gasteiger partial charge in [-0.25, -0.2) is 8.42 Å². The van der Waals surface area contributed by atoms with Crippen molar-refractivity contribution in [1.29, 1.82) is 0 Å². The molecule has 5 nitrogen and oxygen atoms in total. The summed E-state index contributed by atoms with van der Waals surface area (Å²) in [7, 11) is -0.660. The molecule has 0 aromatic heterocycles. The molecule has 1 aromatic rings. The molecule has 96 valence electrons. The fourth-order valence-corrected chi connectivity index (χ4v) is 2.40. The van der Waals surface area contributed by atoms with Crippen LogP contribution >= 0.6 is 0 Å². The van der Waals surface area contributed by atoms with Gasteiger partial charge >= 0.3 is 0 Å².